The fourth-order valence-electron chi connectivity index (χ4n) is 3.57. The van der Waals surface area contributed by atoms with Gasteiger partial charge in [-0.25, -0.2) is 4.79 Å². The predicted molar refractivity (Wildman–Crippen MR) is 133 cm³/mol. The number of amides is 1. The molecule has 0 atom stereocenters. The molecule has 4 aromatic rings. The molecule has 4 rings (SSSR count). The second kappa shape index (κ2) is 11.1. The molecule has 0 radical (unpaired) electrons. The van der Waals surface area contributed by atoms with E-state index >= 15 is 0 Å². The maximum atomic E-state index is 12.9. The smallest absolute Gasteiger partial charge is 0.343 e. The van der Waals surface area contributed by atoms with Gasteiger partial charge in [0.2, 0.25) is 0 Å². The van der Waals surface area contributed by atoms with Crippen LogP contribution < -0.4 is 24.3 Å². The van der Waals surface area contributed by atoms with Crippen LogP contribution in [0.15, 0.2) is 83.3 Å². The minimum Gasteiger partial charge on any atom is -0.497 e. The van der Waals surface area contributed by atoms with E-state index in [4.69, 9.17) is 23.4 Å². The van der Waals surface area contributed by atoms with E-state index in [0.29, 0.717) is 40.9 Å². The molecule has 36 heavy (non-hydrogen) atoms. The third-order valence-electron chi connectivity index (χ3n) is 5.37. The average Bonchev–Trinajstić information content (AvgIpc) is 3.38. The van der Waals surface area contributed by atoms with Crippen LogP contribution in [0.3, 0.4) is 0 Å². The van der Waals surface area contributed by atoms with Gasteiger partial charge in [0.1, 0.15) is 28.8 Å². The van der Waals surface area contributed by atoms with Crippen molar-refractivity contribution in [1.82, 2.24) is 0 Å². The number of ether oxygens (including phenoxy) is 4. The van der Waals surface area contributed by atoms with E-state index in [1.807, 2.05) is 18.2 Å². The number of para-hydroxylation sites is 1. The van der Waals surface area contributed by atoms with E-state index < -0.39 is 11.9 Å². The van der Waals surface area contributed by atoms with Crippen LogP contribution >= 0.6 is 0 Å². The van der Waals surface area contributed by atoms with Crippen LogP contribution in [0, 0.1) is 0 Å². The number of anilines is 1. The summed E-state index contributed by atoms with van der Waals surface area (Å²) in [6, 6.07) is 22.1. The van der Waals surface area contributed by atoms with Gasteiger partial charge >= 0.3 is 5.97 Å². The van der Waals surface area contributed by atoms with Crippen LogP contribution in [0.2, 0.25) is 0 Å². The molecule has 1 N–H and O–H groups in total. The molecule has 1 heterocycles. The lowest BCUT2D eigenvalue weighted by molar-refractivity contribution is 0.0734. The summed E-state index contributed by atoms with van der Waals surface area (Å²) in [4.78, 5) is 25.5. The predicted octanol–water partition coefficient (Wildman–Crippen LogP) is 5.37. The van der Waals surface area contributed by atoms with Crippen molar-refractivity contribution in [2.45, 2.75) is 6.42 Å². The molecule has 184 valence electrons. The first kappa shape index (κ1) is 24.4. The Morgan fingerprint density at radius 1 is 0.778 bits per heavy atom. The minimum atomic E-state index is -0.563. The number of carbonyl (C=O) groups is 2. The Bertz CT molecular complexity index is 1360. The molecule has 8 nitrogen and oxygen atoms in total. The van der Waals surface area contributed by atoms with Gasteiger partial charge in [-0.05, 0) is 60.7 Å². The van der Waals surface area contributed by atoms with E-state index in [0.717, 1.165) is 5.56 Å². The van der Waals surface area contributed by atoms with Crippen LogP contribution in [0.25, 0.3) is 0 Å². The molecule has 1 aromatic heterocycles. The number of hydrogen-bond donors (Lipinski definition) is 1. The number of carbonyl (C=O) groups excluding carboxylic acids is 2. The summed E-state index contributed by atoms with van der Waals surface area (Å²) in [5, 5.41) is 2.74. The van der Waals surface area contributed by atoms with Gasteiger partial charge in [0.25, 0.3) is 5.91 Å². The van der Waals surface area contributed by atoms with Crippen molar-refractivity contribution in [3.05, 3.63) is 102 Å². The van der Waals surface area contributed by atoms with Gasteiger partial charge in [-0.15, -0.1) is 0 Å². The lowest BCUT2D eigenvalue weighted by Crippen LogP contribution is -2.14. The van der Waals surface area contributed by atoms with Crippen molar-refractivity contribution in [3.8, 4) is 23.0 Å². The van der Waals surface area contributed by atoms with E-state index in [1.165, 1.54) is 13.2 Å². The summed E-state index contributed by atoms with van der Waals surface area (Å²) in [6.07, 6.45) is 0.401. The largest absolute Gasteiger partial charge is 0.497 e. The first-order chi connectivity index (χ1) is 17.5. The Morgan fingerprint density at radius 2 is 1.53 bits per heavy atom. The Balaban J connectivity index is 1.50. The Labute approximate surface area is 208 Å². The third-order valence-corrected chi connectivity index (χ3v) is 5.37. The second-order valence-corrected chi connectivity index (χ2v) is 7.69. The zero-order chi connectivity index (χ0) is 25.5. The molecule has 8 heteroatoms. The molecule has 0 bridgehead atoms. The van der Waals surface area contributed by atoms with Gasteiger partial charge in [-0.3, -0.25) is 4.79 Å². The normalized spacial score (nSPS) is 10.4. The van der Waals surface area contributed by atoms with E-state index in [2.05, 4.69) is 5.32 Å². The molecular weight excluding hydrogens is 462 g/mol. The van der Waals surface area contributed by atoms with E-state index in [9.17, 15) is 9.59 Å². The van der Waals surface area contributed by atoms with Crippen LogP contribution in [0.1, 0.15) is 32.2 Å². The lowest BCUT2D eigenvalue weighted by Gasteiger charge is -2.11. The fraction of sp³-hybridized carbons (Fsp3) is 0.143. The van der Waals surface area contributed by atoms with Crippen LogP contribution in [-0.2, 0) is 6.42 Å². The summed E-state index contributed by atoms with van der Waals surface area (Å²) in [7, 11) is 4.65. The van der Waals surface area contributed by atoms with Gasteiger partial charge in [0.15, 0.2) is 5.76 Å². The minimum absolute atomic E-state index is 0.103. The number of rotatable bonds is 9. The molecule has 0 unspecified atom stereocenters. The number of esters is 1. The van der Waals surface area contributed by atoms with Gasteiger partial charge in [-0.2, -0.15) is 0 Å². The zero-order valence-corrected chi connectivity index (χ0v) is 20.1. The van der Waals surface area contributed by atoms with Crippen LogP contribution in [0.4, 0.5) is 5.69 Å². The SMILES string of the molecule is COc1ccc(OC)c(Cc2ccc(C(=O)Nc3cc(C(=O)Oc4ccccc4)ccc3OC)o2)c1. The summed E-state index contributed by atoms with van der Waals surface area (Å²) in [5.41, 5.74) is 1.40. The summed E-state index contributed by atoms with van der Waals surface area (Å²) in [6.45, 7) is 0. The zero-order valence-electron chi connectivity index (χ0n) is 20.1. The molecule has 0 aliphatic carbocycles. The highest BCUT2D eigenvalue weighted by Crippen LogP contribution is 2.29. The van der Waals surface area contributed by atoms with Crippen molar-refractivity contribution in [3.63, 3.8) is 0 Å². The fourth-order valence-corrected chi connectivity index (χ4v) is 3.57. The Kier molecular flexibility index (Phi) is 7.55. The van der Waals surface area contributed by atoms with Gasteiger partial charge in [0, 0.05) is 12.0 Å². The van der Waals surface area contributed by atoms with Crippen molar-refractivity contribution >= 4 is 17.6 Å². The molecule has 0 spiro atoms. The van der Waals surface area contributed by atoms with Crippen molar-refractivity contribution < 1.29 is 33.0 Å². The summed E-state index contributed by atoms with van der Waals surface area (Å²) < 4.78 is 27.2. The number of methoxy groups -OCH3 is 3. The standard InChI is InChI=1S/C28H25NO7/c1-32-21-10-13-24(33-2)19(15-21)16-22-11-14-26(35-22)27(30)29-23-17-18(9-12-25(23)34-3)28(31)36-20-7-5-4-6-8-20/h4-15,17H,16H2,1-3H3,(H,29,30). The first-order valence-corrected chi connectivity index (χ1v) is 11.1. The molecule has 0 aliphatic rings. The molecule has 0 aliphatic heterocycles. The lowest BCUT2D eigenvalue weighted by atomic mass is 10.1. The molecule has 0 fully saturated rings. The highest BCUT2D eigenvalue weighted by atomic mass is 16.5. The van der Waals surface area contributed by atoms with Gasteiger partial charge < -0.3 is 28.7 Å². The molecular formula is C28H25NO7. The molecule has 0 saturated carbocycles. The quantitative estimate of drug-likeness (QED) is 0.251. The van der Waals surface area contributed by atoms with E-state index in [-0.39, 0.29) is 11.3 Å². The molecule has 1 amide bonds. The second-order valence-electron chi connectivity index (χ2n) is 7.69. The van der Waals surface area contributed by atoms with Crippen molar-refractivity contribution in [1.29, 1.82) is 0 Å². The van der Waals surface area contributed by atoms with Crippen LogP contribution in [0.5, 0.6) is 23.0 Å². The Hall–Kier alpha value is -4.72. The topological polar surface area (TPSA) is 96.2 Å². The summed E-state index contributed by atoms with van der Waals surface area (Å²) >= 11 is 0. The number of hydrogen-bond acceptors (Lipinski definition) is 7. The summed E-state index contributed by atoms with van der Waals surface area (Å²) in [5.74, 6) is 1.78. The Morgan fingerprint density at radius 3 is 2.25 bits per heavy atom. The monoisotopic (exact) mass is 487 g/mol. The van der Waals surface area contributed by atoms with Gasteiger partial charge in [-0.1, -0.05) is 18.2 Å². The highest BCUT2D eigenvalue weighted by Gasteiger charge is 2.18. The highest BCUT2D eigenvalue weighted by molar-refractivity contribution is 6.04. The molecule has 0 saturated heterocycles. The van der Waals surface area contributed by atoms with Crippen molar-refractivity contribution in [2.24, 2.45) is 0 Å². The van der Waals surface area contributed by atoms with E-state index in [1.54, 1.807) is 68.8 Å². The average molecular weight is 488 g/mol. The maximum Gasteiger partial charge on any atom is 0.343 e. The van der Waals surface area contributed by atoms with Crippen LogP contribution in [-0.4, -0.2) is 33.2 Å². The molecule has 3 aromatic carbocycles. The number of furan rings is 1. The van der Waals surface area contributed by atoms with Gasteiger partial charge in [0.05, 0.1) is 32.6 Å². The van der Waals surface area contributed by atoms with Crippen molar-refractivity contribution in [2.75, 3.05) is 26.6 Å². The number of benzene rings is 3. The maximum absolute atomic E-state index is 12.9. The third kappa shape index (κ3) is 5.67. The first-order valence-electron chi connectivity index (χ1n) is 11.1. The number of nitrogens with one attached hydrogen (secondary N) is 1.